The number of nitrogens with one attached hydrogen (secondary N) is 1. The number of hydrogen-bond donors (Lipinski definition) is 1. The van der Waals surface area contributed by atoms with Crippen LogP contribution in [0, 0.1) is 6.92 Å². The highest BCUT2D eigenvalue weighted by Crippen LogP contribution is 2.31. The van der Waals surface area contributed by atoms with Crippen molar-refractivity contribution in [3.63, 3.8) is 0 Å². The molecular formula is C21H20N4O3. The van der Waals surface area contributed by atoms with E-state index < -0.39 is 0 Å². The van der Waals surface area contributed by atoms with Crippen LogP contribution in [-0.4, -0.2) is 28.6 Å². The topological polar surface area (TPSA) is 88.3 Å². The summed E-state index contributed by atoms with van der Waals surface area (Å²) in [5.74, 6) is -0.0438. The number of rotatable bonds is 5. The van der Waals surface area contributed by atoms with Crippen molar-refractivity contribution >= 4 is 23.5 Å². The number of hydrogen-bond acceptors (Lipinski definition) is 5. The van der Waals surface area contributed by atoms with Gasteiger partial charge in [0.2, 0.25) is 17.7 Å². The first kappa shape index (κ1) is 17.9. The molecule has 1 aliphatic rings. The number of aryl methyl sites for hydroxylation is 1. The second-order valence-electron chi connectivity index (χ2n) is 6.84. The number of para-hydroxylation sites is 1. The summed E-state index contributed by atoms with van der Waals surface area (Å²) in [7, 11) is 0. The van der Waals surface area contributed by atoms with E-state index in [9.17, 15) is 9.59 Å². The molecule has 1 fully saturated rings. The van der Waals surface area contributed by atoms with Crippen LogP contribution in [0.3, 0.4) is 0 Å². The van der Waals surface area contributed by atoms with Crippen LogP contribution < -0.4 is 10.2 Å². The average Bonchev–Trinajstić information content (AvgIpc) is 3.31. The zero-order valence-electron chi connectivity index (χ0n) is 15.5. The second-order valence-corrected chi connectivity index (χ2v) is 6.84. The quantitative estimate of drug-likeness (QED) is 0.739. The van der Waals surface area contributed by atoms with E-state index in [-0.39, 0.29) is 30.2 Å². The molecule has 142 valence electrons. The standard InChI is InChI=1S/C21H20N4O3/c1-14-7-5-6-8-15(14)11-18(26)22-21-24-23-20(28-21)16-12-19(27)25(13-16)17-9-3-2-4-10-17/h2-10,16H,11-13H2,1H3,(H,22,24,26)/t16-/m0/s1. The first-order valence-corrected chi connectivity index (χ1v) is 9.13. The van der Waals surface area contributed by atoms with Gasteiger partial charge in [0, 0.05) is 18.7 Å². The van der Waals surface area contributed by atoms with E-state index in [1.54, 1.807) is 4.90 Å². The Labute approximate surface area is 162 Å². The summed E-state index contributed by atoms with van der Waals surface area (Å²) in [5, 5.41) is 10.6. The van der Waals surface area contributed by atoms with Crippen molar-refractivity contribution in [2.24, 2.45) is 0 Å². The fourth-order valence-electron chi connectivity index (χ4n) is 3.33. The fraction of sp³-hybridized carbons (Fsp3) is 0.238. The summed E-state index contributed by atoms with van der Waals surface area (Å²) in [4.78, 5) is 26.3. The summed E-state index contributed by atoms with van der Waals surface area (Å²) in [6.07, 6.45) is 0.530. The summed E-state index contributed by atoms with van der Waals surface area (Å²) in [5.41, 5.74) is 2.84. The maximum atomic E-state index is 12.3. The summed E-state index contributed by atoms with van der Waals surface area (Å²) < 4.78 is 5.61. The minimum atomic E-state index is -0.224. The van der Waals surface area contributed by atoms with Gasteiger partial charge in [-0.3, -0.25) is 14.9 Å². The molecule has 1 atom stereocenters. The highest BCUT2D eigenvalue weighted by Gasteiger charge is 2.35. The van der Waals surface area contributed by atoms with Gasteiger partial charge in [-0.1, -0.05) is 47.6 Å². The lowest BCUT2D eigenvalue weighted by Gasteiger charge is -2.15. The molecule has 7 heteroatoms. The lowest BCUT2D eigenvalue weighted by Crippen LogP contribution is -2.24. The molecule has 0 spiro atoms. The number of carbonyl (C=O) groups excluding carboxylic acids is 2. The van der Waals surface area contributed by atoms with E-state index in [2.05, 4.69) is 15.5 Å². The van der Waals surface area contributed by atoms with Crippen LogP contribution >= 0.6 is 0 Å². The van der Waals surface area contributed by atoms with E-state index in [0.29, 0.717) is 18.9 Å². The zero-order chi connectivity index (χ0) is 19.5. The van der Waals surface area contributed by atoms with Crippen LogP contribution in [0.15, 0.2) is 59.0 Å². The van der Waals surface area contributed by atoms with Gasteiger partial charge >= 0.3 is 6.01 Å². The molecule has 0 unspecified atom stereocenters. The molecule has 4 rings (SSSR count). The third kappa shape index (κ3) is 3.78. The molecule has 0 radical (unpaired) electrons. The number of nitrogens with zero attached hydrogens (tertiary/aromatic N) is 3. The Morgan fingerprint density at radius 3 is 2.68 bits per heavy atom. The number of anilines is 2. The molecule has 28 heavy (non-hydrogen) atoms. The third-order valence-corrected chi connectivity index (χ3v) is 4.84. The van der Waals surface area contributed by atoms with Crippen molar-refractivity contribution in [2.45, 2.75) is 25.7 Å². The van der Waals surface area contributed by atoms with Gasteiger partial charge in [-0.2, -0.15) is 0 Å². The third-order valence-electron chi connectivity index (χ3n) is 4.84. The fourth-order valence-corrected chi connectivity index (χ4v) is 3.33. The Morgan fingerprint density at radius 1 is 1.14 bits per heavy atom. The molecule has 0 bridgehead atoms. The largest absolute Gasteiger partial charge is 0.407 e. The molecule has 2 aromatic carbocycles. The Kier molecular flexibility index (Phi) is 4.89. The second kappa shape index (κ2) is 7.64. The Hall–Kier alpha value is -3.48. The predicted molar refractivity (Wildman–Crippen MR) is 104 cm³/mol. The lowest BCUT2D eigenvalue weighted by atomic mass is 10.1. The van der Waals surface area contributed by atoms with Crippen molar-refractivity contribution in [3.8, 4) is 0 Å². The molecule has 7 nitrogen and oxygen atoms in total. The molecule has 2 heterocycles. The molecule has 3 aromatic rings. The van der Waals surface area contributed by atoms with Crippen LogP contribution in [0.4, 0.5) is 11.7 Å². The van der Waals surface area contributed by atoms with Gasteiger partial charge in [-0.25, -0.2) is 0 Å². The molecule has 1 aromatic heterocycles. The average molecular weight is 376 g/mol. The molecule has 0 saturated carbocycles. The number of aromatic nitrogens is 2. The molecular weight excluding hydrogens is 356 g/mol. The predicted octanol–water partition coefficient (Wildman–Crippen LogP) is 3.08. The maximum Gasteiger partial charge on any atom is 0.322 e. The zero-order valence-corrected chi connectivity index (χ0v) is 15.5. The van der Waals surface area contributed by atoms with Crippen LogP contribution in [0.25, 0.3) is 0 Å². The number of benzene rings is 2. The Bertz CT molecular complexity index is 1000. The Morgan fingerprint density at radius 2 is 1.89 bits per heavy atom. The van der Waals surface area contributed by atoms with E-state index in [1.165, 1.54) is 0 Å². The summed E-state index contributed by atoms with van der Waals surface area (Å²) in [6.45, 7) is 2.44. The van der Waals surface area contributed by atoms with Gasteiger partial charge in [-0.05, 0) is 30.2 Å². The van der Waals surface area contributed by atoms with Crippen LogP contribution in [0.5, 0.6) is 0 Å². The van der Waals surface area contributed by atoms with E-state index in [0.717, 1.165) is 16.8 Å². The van der Waals surface area contributed by atoms with Crippen molar-refractivity contribution in [1.29, 1.82) is 0 Å². The maximum absolute atomic E-state index is 12.3. The van der Waals surface area contributed by atoms with Gasteiger partial charge in [0.15, 0.2) is 0 Å². The normalized spacial score (nSPS) is 16.4. The highest BCUT2D eigenvalue weighted by molar-refractivity contribution is 5.96. The molecule has 2 amide bonds. The number of carbonyl (C=O) groups is 2. The monoisotopic (exact) mass is 376 g/mol. The summed E-state index contributed by atoms with van der Waals surface area (Å²) in [6, 6.07) is 17.2. The Balaban J connectivity index is 1.40. The first-order chi connectivity index (χ1) is 13.6. The van der Waals surface area contributed by atoms with Crippen LogP contribution in [0.2, 0.25) is 0 Å². The molecule has 0 aliphatic carbocycles. The van der Waals surface area contributed by atoms with E-state index in [1.807, 2.05) is 61.5 Å². The summed E-state index contributed by atoms with van der Waals surface area (Å²) >= 11 is 0. The van der Waals surface area contributed by atoms with E-state index >= 15 is 0 Å². The van der Waals surface area contributed by atoms with Crippen LogP contribution in [0.1, 0.15) is 29.4 Å². The van der Waals surface area contributed by atoms with Gasteiger partial charge < -0.3 is 9.32 Å². The molecule has 1 aliphatic heterocycles. The van der Waals surface area contributed by atoms with Gasteiger partial charge in [0.25, 0.3) is 0 Å². The first-order valence-electron chi connectivity index (χ1n) is 9.13. The lowest BCUT2D eigenvalue weighted by molar-refractivity contribution is -0.117. The SMILES string of the molecule is Cc1ccccc1CC(=O)Nc1nnc([C@H]2CC(=O)N(c3ccccc3)C2)o1. The minimum Gasteiger partial charge on any atom is -0.407 e. The molecule has 1 N–H and O–H groups in total. The van der Waals surface area contributed by atoms with Crippen molar-refractivity contribution in [3.05, 3.63) is 71.6 Å². The van der Waals surface area contributed by atoms with E-state index in [4.69, 9.17) is 4.42 Å². The highest BCUT2D eigenvalue weighted by atomic mass is 16.4. The van der Waals surface area contributed by atoms with Gasteiger partial charge in [0.1, 0.15) is 0 Å². The molecule has 1 saturated heterocycles. The minimum absolute atomic E-state index is 0.0135. The van der Waals surface area contributed by atoms with Gasteiger partial charge in [-0.15, -0.1) is 5.10 Å². The van der Waals surface area contributed by atoms with Gasteiger partial charge in [0.05, 0.1) is 12.3 Å². The smallest absolute Gasteiger partial charge is 0.322 e. The number of amides is 2. The van der Waals surface area contributed by atoms with Crippen LogP contribution in [-0.2, 0) is 16.0 Å². The van der Waals surface area contributed by atoms with Crippen molar-refractivity contribution in [2.75, 3.05) is 16.8 Å². The van der Waals surface area contributed by atoms with Crippen molar-refractivity contribution in [1.82, 2.24) is 10.2 Å². The van der Waals surface area contributed by atoms with Crippen molar-refractivity contribution < 1.29 is 14.0 Å².